The Balaban J connectivity index is 1.68. The molecule has 15 heavy (non-hydrogen) atoms. The fraction of sp³-hybridized carbons (Fsp3) is 0.909. The molecule has 0 amide bonds. The van der Waals surface area contributed by atoms with Gasteiger partial charge in [0.25, 0.3) is 0 Å². The lowest BCUT2D eigenvalue weighted by molar-refractivity contribution is 0.180. The minimum atomic E-state index is -0.315. The van der Waals surface area contributed by atoms with Gasteiger partial charge in [0.15, 0.2) is 5.96 Å². The van der Waals surface area contributed by atoms with E-state index in [1.165, 1.54) is 32.1 Å². The minimum Gasteiger partial charge on any atom is -0.389 e. The van der Waals surface area contributed by atoms with Crippen molar-refractivity contribution in [3.63, 3.8) is 0 Å². The summed E-state index contributed by atoms with van der Waals surface area (Å²) >= 11 is 0. The molecule has 2 rings (SSSR count). The monoisotopic (exact) mass is 211 g/mol. The largest absolute Gasteiger partial charge is 0.389 e. The van der Waals surface area contributed by atoms with E-state index in [1.54, 1.807) is 0 Å². The Bertz CT molecular complexity index is 224. The number of aliphatic hydroxyl groups is 1. The lowest BCUT2D eigenvalue weighted by atomic mass is 9.89. The van der Waals surface area contributed by atoms with Crippen molar-refractivity contribution in [2.24, 2.45) is 10.9 Å². The molecule has 1 aliphatic heterocycles. The number of nitrogens with one attached hydrogen (secondary N) is 2. The SMILES string of the molecule is OC1CN=C(NCC2CCCCC2)NC1. The molecule has 0 aromatic carbocycles. The maximum absolute atomic E-state index is 9.25. The molecule has 0 spiro atoms. The van der Waals surface area contributed by atoms with Crippen LogP contribution in [0.4, 0.5) is 0 Å². The van der Waals surface area contributed by atoms with E-state index in [2.05, 4.69) is 15.6 Å². The van der Waals surface area contributed by atoms with E-state index >= 15 is 0 Å². The van der Waals surface area contributed by atoms with Crippen LogP contribution in [0.15, 0.2) is 4.99 Å². The molecule has 2 aliphatic rings. The summed E-state index contributed by atoms with van der Waals surface area (Å²) in [4.78, 5) is 4.24. The number of aliphatic hydroxyl groups excluding tert-OH is 1. The Morgan fingerprint density at radius 2 is 2.13 bits per heavy atom. The molecule has 1 saturated carbocycles. The molecule has 4 nitrogen and oxygen atoms in total. The van der Waals surface area contributed by atoms with Gasteiger partial charge in [-0.15, -0.1) is 0 Å². The van der Waals surface area contributed by atoms with Crippen molar-refractivity contribution in [1.82, 2.24) is 10.6 Å². The third-order valence-corrected chi connectivity index (χ3v) is 3.25. The van der Waals surface area contributed by atoms with Crippen LogP contribution in [-0.4, -0.2) is 36.8 Å². The van der Waals surface area contributed by atoms with Gasteiger partial charge >= 0.3 is 0 Å². The van der Waals surface area contributed by atoms with Gasteiger partial charge in [-0.1, -0.05) is 19.3 Å². The molecule has 0 aromatic rings. The second-order valence-electron chi connectivity index (χ2n) is 4.61. The third-order valence-electron chi connectivity index (χ3n) is 3.25. The second kappa shape index (κ2) is 5.35. The summed E-state index contributed by atoms with van der Waals surface area (Å²) in [7, 11) is 0. The van der Waals surface area contributed by atoms with E-state index in [0.717, 1.165) is 18.4 Å². The first kappa shape index (κ1) is 10.7. The van der Waals surface area contributed by atoms with Crippen LogP contribution in [0.1, 0.15) is 32.1 Å². The summed E-state index contributed by atoms with van der Waals surface area (Å²) in [6.07, 6.45) is 6.55. The summed E-state index contributed by atoms with van der Waals surface area (Å²) < 4.78 is 0. The predicted octanol–water partition coefficient (Wildman–Crippen LogP) is 0.476. The van der Waals surface area contributed by atoms with Gasteiger partial charge in [0.05, 0.1) is 12.6 Å². The van der Waals surface area contributed by atoms with Crippen LogP contribution in [0.5, 0.6) is 0 Å². The maximum atomic E-state index is 9.25. The summed E-state index contributed by atoms with van der Waals surface area (Å²) in [5, 5.41) is 15.7. The fourth-order valence-corrected chi connectivity index (χ4v) is 2.28. The predicted molar refractivity (Wildman–Crippen MR) is 60.9 cm³/mol. The maximum Gasteiger partial charge on any atom is 0.191 e. The van der Waals surface area contributed by atoms with Gasteiger partial charge in [0.1, 0.15) is 0 Å². The van der Waals surface area contributed by atoms with E-state index in [1.807, 2.05) is 0 Å². The lowest BCUT2D eigenvalue weighted by Crippen LogP contribution is -2.47. The van der Waals surface area contributed by atoms with Gasteiger partial charge in [-0.2, -0.15) is 0 Å². The first-order valence-electron chi connectivity index (χ1n) is 6.05. The molecule has 0 saturated heterocycles. The van der Waals surface area contributed by atoms with Gasteiger partial charge in [0.2, 0.25) is 0 Å². The van der Waals surface area contributed by atoms with Crippen molar-refractivity contribution in [1.29, 1.82) is 0 Å². The molecule has 1 atom stereocenters. The Hall–Kier alpha value is -0.770. The van der Waals surface area contributed by atoms with Crippen molar-refractivity contribution >= 4 is 5.96 Å². The molecular weight excluding hydrogens is 190 g/mol. The average molecular weight is 211 g/mol. The van der Waals surface area contributed by atoms with E-state index in [9.17, 15) is 5.11 Å². The molecule has 3 N–H and O–H groups in total. The molecule has 0 aromatic heterocycles. The van der Waals surface area contributed by atoms with Gasteiger partial charge < -0.3 is 15.7 Å². The molecule has 1 heterocycles. The van der Waals surface area contributed by atoms with Crippen molar-refractivity contribution in [3.05, 3.63) is 0 Å². The molecule has 4 heteroatoms. The Morgan fingerprint density at radius 3 is 2.80 bits per heavy atom. The number of guanidine groups is 1. The lowest BCUT2D eigenvalue weighted by Gasteiger charge is -2.25. The third kappa shape index (κ3) is 3.38. The molecule has 1 fully saturated rings. The zero-order chi connectivity index (χ0) is 10.5. The summed E-state index contributed by atoms with van der Waals surface area (Å²) in [5.41, 5.74) is 0. The van der Waals surface area contributed by atoms with E-state index in [-0.39, 0.29) is 6.10 Å². The molecule has 1 unspecified atom stereocenters. The highest BCUT2D eigenvalue weighted by Crippen LogP contribution is 2.22. The molecular formula is C11H21N3O. The van der Waals surface area contributed by atoms with Crippen molar-refractivity contribution in [3.8, 4) is 0 Å². The van der Waals surface area contributed by atoms with Gasteiger partial charge in [-0.05, 0) is 18.8 Å². The number of rotatable bonds is 2. The summed E-state index contributed by atoms with van der Waals surface area (Å²) in [6.45, 7) is 2.18. The van der Waals surface area contributed by atoms with Crippen molar-refractivity contribution < 1.29 is 5.11 Å². The number of aliphatic imine (C=N–C) groups is 1. The minimum absolute atomic E-state index is 0.315. The molecule has 0 radical (unpaired) electrons. The highest BCUT2D eigenvalue weighted by atomic mass is 16.3. The fourth-order valence-electron chi connectivity index (χ4n) is 2.28. The van der Waals surface area contributed by atoms with Gasteiger partial charge in [0, 0.05) is 13.1 Å². The summed E-state index contributed by atoms with van der Waals surface area (Å²) in [6, 6.07) is 0. The zero-order valence-electron chi connectivity index (χ0n) is 9.21. The van der Waals surface area contributed by atoms with E-state index < -0.39 is 0 Å². The van der Waals surface area contributed by atoms with Crippen molar-refractivity contribution in [2.75, 3.05) is 19.6 Å². The Labute approximate surface area is 91.2 Å². The zero-order valence-corrected chi connectivity index (χ0v) is 9.21. The number of hydrogen-bond donors (Lipinski definition) is 3. The van der Waals surface area contributed by atoms with Crippen LogP contribution in [0, 0.1) is 5.92 Å². The first-order chi connectivity index (χ1) is 7.34. The van der Waals surface area contributed by atoms with Crippen LogP contribution >= 0.6 is 0 Å². The molecule has 1 aliphatic carbocycles. The van der Waals surface area contributed by atoms with Crippen LogP contribution in [0.2, 0.25) is 0 Å². The van der Waals surface area contributed by atoms with Gasteiger partial charge in [-0.25, -0.2) is 0 Å². The average Bonchev–Trinajstić information content (AvgIpc) is 2.30. The normalized spacial score (nSPS) is 28.1. The van der Waals surface area contributed by atoms with E-state index in [0.29, 0.717) is 13.1 Å². The summed E-state index contributed by atoms with van der Waals surface area (Å²) in [5.74, 6) is 1.68. The van der Waals surface area contributed by atoms with Crippen LogP contribution in [0.3, 0.4) is 0 Å². The molecule has 0 bridgehead atoms. The number of nitrogens with zero attached hydrogens (tertiary/aromatic N) is 1. The topological polar surface area (TPSA) is 56.7 Å². The van der Waals surface area contributed by atoms with Crippen LogP contribution in [-0.2, 0) is 0 Å². The number of β-amino-alcohol motifs (C(OH)–C–C–N with tert-alkyl or cyclic N) is 1. The second-order valence-corrected chi connectivity index (χ2v) is 4.61. The van der Waals surface area contributed by atoms with Crippen LogP contribution < -0.4 is 10.6 Å². The van der Waals surface area contributed by atoms with Crippen LogP contribution in [0.25, 0.3) is 0 Å². The highest BCUT2D eigenvalue weighted by molar-refractivity contribution is 5.80. The van der Waals surface area contributed by atoms with Gasteiger partial charge in [-0.3, -0.25) is 4.99 Å². The molecule has 86 valence electrons. The highest BCUT2D eigenvalue weighted by Gasteiger charge is 2.15. The Morgan fingerprint density at radius 1 is 1.33 bits per heavy atom. The quantitative estimate of drug-likeness (QED) is 0.622. The van der Waals surface area contributed by atoms with Crippen molar-refractivity contribution in [2.45, 2.75) is 38.2 Å². The van der Waals surface area contributed by atoms with E-state index in [4.69, 9.17) is 0 Å². The Kier molecular flexibility index (Phi) is 3.83. The smallest absolute Gasteiger partial charge is 0.191 e. The standard InChI is InChI=1S/C11H21N3O/c15-10-7-13-11(14-8-10)12-6-9-4-2-1-3-5-9/h9-10,15H,1-8H2,(H2,12,13,14). The first-order valence-corrected chi connectivity index (χ1v) is 6.05. The number of hydrogen-bond acceptors (Lipinski definition) is 4.